The van der Waals surface area contributed by atoms with E-state index in [2.05, 4.69) is 13.8 Å². The van der Waals surface area contributed by atoms with Crippen molar-refractivity contribution in [2.24, 2.45) is 0 Å². The predicted octanol–water partition coefficient (Wildman–Crippen LogP) is 1.45. The van der Waals surface area contributed by atoms with Crippen LogP contribution >= 0.6 is 0 Å². The maximum atomic E-state index is 11.2. The van der Waals surface area contributed by atoms with E-state index in [9.17, 15) is 5.11 Å². The molecule has 4 heteroatoms. The number of methoxy groups -OCH3 is 1. The summed E-state index contributed by atoms with van der Waals surface area (Å²) in [5.74, 6) is 1.04. The van der Waals surface area contributed by atoms with Crippen LogP contribution in [0.3, 0.4) is 0 Å². The molecule has 120 valence electrons. The summed E-state index contributed by atoms with van der Waals surface area (Å²) in [4.78, 5) is 0. The van der Waals surface area contributed by atoms with Crippen molar-refractivity contribution in [2.45, 2.75) is 25.4 Å². The highest BCUT2D eigenvalue weighted by Crippen LogP contribution is 2.36. The van der Waals surface area contributed by atoms with Crippen molar-refractivity contribution >= 4 is 23.5 Å². The van der Waals surface area contributed by atoms with Gasteiger partial charge in [-0.05, 0) is 41.0 Å². The van der Waals surface area contributed by atoms with Crippen LogP contribution in [0.1, 0.15) is 30.9 Å². The molecule has 0 amide bonds. The number of nitrogens with two attached hydrogens (primary N) is 2. The Morgan fingerprint density at radius 1 is 1.09 bits per heavy atom. The van der Waals surface area contributed by atoms with E-state index >= 15 is 0 Å². The molecule has 2 aromatic carbocycles. The van der Waals surface area contributed by atoms with Gasteiger partial charge in [0.25, 0.3) is 0 Å². The average molecular weight is 310 g/mol. The fraction of sp³-hybridized carbons (Fsp3) is 0.263. The highest BCUT2D eigenvalue weighted by molar-refractivity contribution is 5.74. The third kappa shape index (κ3) is 2.45. The van der Waals surface area contributed by atoms with Crippen LogP contribution in [-0.4, -0.2) is 12.2 Å². The normalized spacial score (nSPS) is 19.2. The Labute approximate surface area is 135 Å². The molecule has 1 atom stereocenters. The summed E-state index contributed by atoms with van der Waals surface area (Å²) in [7, 11) is 1.61. The monoisotopic (exact) mass is 310 g/mol. The van der Waals surface area contributed by atoms with Crippen molar-refractivity contribution in [1.82, 2.24) is 0 Å². The standard InChI is InChI=1S/C19H22N2O2/c1-11(2)12-4-6-15(17(8-12)23-3)19(22)9-13-5-7-16(20)18(21)14(13)10-19/h4-11,22H,20-21H2,1-3H3. The Morgan fingerprint density at radius 2 is 1.83 bits per heavy atom. The number of hydrogen-bond acceptors (Lipinski definition) is 4. The molecule has 23 heavy (non-hydrogen) atoms. The zero-order chi connectivity index (χ0) is 16.8. The topological polar surface area (TPSA) is 81.5 Å². The van der Waals surface area contributed by atoms with Gasteiger partial charge in [-0.15, -0.1) is 0 Å². The van der Waals surface area contributed by atoms with Crippen LogP contribution in [0.2, 0.25) is 0 Å². The number of rotatable bonds is 3. The summed E-state index contributed by atoms with van der Waals surface area (Å²) in [5, 5.41) is 12.8. The smallest absolute Gasteiger partial charge is 0.132 e. The highest BCUT2D eigenvalue weighted by atomic mass is 16.5. The summed E-state index contributed by atoms with van der Waals surface area (Å²) in [6, 6.07) is 9.52. The van der Waals surface area contributed by atoms with Crippen LogP contribution in [0, 0.1) is 0 Å². The van der Waals surface area contributed by atoms with Gasteiger partial charge in [-0.1, -0.05) is 32.0 Å². The van der Waals surface area contributed by atoms with Crippen LogP contribution in [-0.2, 0) is 5.60 Å². The number of fused-ring (bicyclic) bond motifs is 1. The lowest BCUT2D eigenvalue weighted by atomic mass is 9.91. The fourth-order valence-electron chi connectivity index (χ4n) is 3.01. The van der Waals surface area contributed by atoms with Crippen molar-refractivity contribution in [3.63, 3.8) is 0 Å². The third-order valence-corrected chi connectivity index (χ3v) is 4.42. The van der Waals surface area contributed by atoms with Gasteiger partial charge in [-0.25, -0.2) is 0 Å². The molecule has 5 N–H and O–H groups in total. The molecule has 3 rings (SSSR count). The van der Waals surface area contributed by atoms with Gasteiger partial charge in [0.15, 0.2) is 0 Å². The first-order chi connectivity index (χ1) is 10.9. The van der Waals surface area contributed by atoms with E-state index in [0.717, 1.165) is 16.0 Å². The van der Waals surface area contributed by atoms with Gasteiger partial charge in [0, 0.05) is 10.8 Å². The minimum atomic E-state index is -1.26. The average Bonchev–Trinajstić information content (AvgIpc) is 2.89. The molecule has 0 fully saturated rings. The quantitative estimate of drug-likeness (QED) is 0.749. The molecule has 0 spiro atoms. The van der Waals surface area contributed by atoms with Crippen molar-refractivity contribution in [3.05, 3.63) is 51.9 Å². The molecule has 1 unspecified atom stereocenters. The molecule has 0 bridgehead atoms. The van der Waals surface area contributed by atoms with Crippen LogP contribution in [0.25, 0.3) is 12.2 Å². The first kappa shape index (κ1) is 15.4. The zero-order valence-electron chi connectivity index (χ0n) is 13.6. The Balaban J connectivity index is 2.19. The first-order valence-electron chi connectivity index (χ1n) is 7.66. The number of hydrogen-bond donors (Lipinski definition) is 3. The van der Waals surface area contributed by atoms with Crippen molar-refractivity contribution in [1.29, 1.82) is 0 Å². The Morgan fingerprint density at radius 3 is 2.48 bits per heavy atom. The van der Waals surface area contributed by atoms with Crippen molar-refractivity contribution in [3.8, 4) is 5.75 Å². The minimum Gasteiger partial charge on any atom is -0.496 e. The summed E-state index contributed by atoms with van der Waals surface area (Å²) < 4.78 is 5.51. The molecular formula is C19H22N2O2. The predicted molar refractivity (Wildman–Crippen MR) is 94.4 cm³/mol. The second-order valence-corrected chi connectivity index (χ2v) is 6.30. The lowest BCUT2D eigenvalue weighted by molar-refractivity contribution is 0.174. The third-order valence-electron chi connectivity index (χ3n) is 4.42. The van der Waals surface area contributed by atoms with E-state index < -0.39 is 5.60 Å². The Kier molecular flexibility index (Phi) is 3.57. The molecule has 0 saturated heterocycles. The van der Waals surface area contributed by atoms with E-state index in [0.29, 0.717) is 28.6 Å². The lowest BCUT2D eigenvalue weighted by Gasteiger charge is -2.22. The van der Waals surface area contributed by atoms with Gasteiger partial charge in [-0.2, -0.15) is 0 Å². The summed E-state index contributed by atoms with van der Waals surface area (Å²) in [6.07, 6.45) is 3.52. The van der Waals surface area contributed by atoms with E-state index in [4.69, 9.17) is 16.2 Å². The zero-order valence-corrected chi connectivity index (χ0v) is 13.6. The molecule has 0 saturated carbocycles. The van der Waals surface area contributed by atoms with Gasteiger partial charge in [0.1, 0.15) is 11.4 Å². The Hall–Kier alpha value is -2.46. The number of nitrogen functional groups attached to an aromatic ring is 2. The first-order valence-corrected chi connectivity index (χ1v) is 7.66. The summed E-state index contributed by atoms with van der Waals surface area (Å²) >= 11 is 0. The van der Waals surface area contributed by atoms with E-state index in [1.54, 1.807) is 25.3 Å². The highest BCUT2D eigenvalue weighted by Gasteiger charge is 2.31. The number of ether oxygens (including phenoxy) is 1. The van der Waals surface area contributed by atoms with Crippen molar-refractivity contribution in [2.75, 3.05) is 18.6 Å². The fourth-order valence-corrected chi connectivity index (χ4v) is 3.01. The lowest BCUT2D eigenvalue weighted by Crippen LogP contribution is -2.25. The number of anilines is 2. The van der Waals surface area contributed by atoms with Gasteiger partial charge in [0.2, 0.25) is 0 Å². The molecule has 0 heterocycles. The van der Waals surface area contributed by atoms with Crippen LogP contribution in [0.15, 0.2) is 30.3 Å². The van der Waals surface area contributed by atoms with Gasteiger partial charge >= 0.3 is 0 Å². The second kappa shape index (κ2) is 5.32. The molecule has 0 aromatic heterocycles. The molecule has 4 nitrogen and oxygen atoms in total. The number of aliphatic hydroxyl groups is 1. The largest absolute Gasteiger partial charge is 0.496 e. The van der Waals surface area contributed by atoms with Gasteiger partial charge in [-0.3, -0.25) is 0 Å². The molecule has 1 aliphatic rings. The van der Waals surface area contributed by atoms with Crippen LogP contribution in [0.5, 0.6) is 5.75 Å². The van der Waals surface area contributed by atoms with E-state index in [-0.39, 0.29) is 0 Å². The second-order valence-electron chi connectivity index (χ2n) is 6.30. The molecular weight excluding hydrogens is 288 g/mol. The number of benzene rings is 2. The maximum Gasteiger partial charge on any atom is 0.132 e. The molecule has 2 aromatic rings. The van der Waals surface area contributed by atoms with Crippen LogP contribution < -0.4 is 26.6 Å². The van der Waals surface area contributed by atoms with E-state index in [1.165, 1.54) is 0 Å². The van der Waals surface area contributed by atoms with Crippen molar-refractivity contribution < 1.29 is 9.84 Å². The summed E-state index contributed by atoms with van der Waals surface area (Å²) in [6.45, 7) is 4.24. The van der Waals surface area contributed by atoms with Gasteiger partial charge in [0.05, 0.1) is 18.5 Å². The molecule has 0 radical (unpaired) electrons. The van der Waals surface area contributed by atoms with Crippen LogP contribution in [0.4, 0.5) is 11.4 Å². The maximum absolute atomic E-state index is 11.2. The minimum absolute atomic E-state index is 0.386. The van der Waals surface area contributed by atoms with Gasteiger partial charge < -0.3 is 21.3 Å². The molecule has 0 aliphatic heterocycles. The summed E-state index contributed by atoms with van der Waals surface area (Å²) in [5.41, 5.74) is 13.5. The molecule has 1 aliphatic carbocycles. The Bertz CT molecular complexity index is 887. The SMILES string of the molecule is COc1cc(C(C)C)ccc1C1(O)C=c2ccc(N)c(N)c2=C1. The van der Waals surface area contributed by atoms with E-state index in [1.807, 2.05) is 24.3 Å².